The monoisotopic (exact) mass is 475 g/mol. The molecule has 2 aromatic carbocycles. The second-order valence-corrected chi connectivity index (χ2v) is 9.42. The van der Waals surface area contributed by atoms with Crippen molar-refractivity contribution in [1.29, 1.82) is 0 Å². The van der Waals surface area contributed by atoms with Crippen LogP contribution in [0.3, 0.4) is 0 Å². The summed E-state index contributed by atoms with van der Waals surface area (Å²) in [6.45, 7) is 10.6. The predicted molar refractivity (Wildman–Crippen MR) is 138 cm³/mol. The molecule has 3 rings (SSSR count). The van der Waals surface area contributed by atoms with Crippen molar-refractivity contribution in [3.8, 4) is 0 Å². The summed E-state index contributed by atoms with van der Waals surface area (Å²) in [5.74, 6) is -0.475. The van der Waals surface area contributed by atoms with Crippen LogP contribution in [0.4, 0.5) is 5.69 Å². The van der Waals surface area contributed by atoms with Gasteiger partial charge in [0.05, 0.1) is 24.9 Å². The van der Waals surface area contributed by atoms with Gasteiger partial charge in [-0.15, -0.1) is 0 Å². The molecule has 0 aliphatic rings. The van der Waals surface area contributed by atoms with Crippen molar-refractivity contribution in [2.75, 3.05) is 12.4 Å². The number of ether oxygens (including phenoxy) is 1. The molecule has 0 spiro atoms. The van der Waals surface area contributed by atoms with E-state index in [9.17, 15) is 9.59 Å². The number of carbonyl (C=O) groups is 2. The minimum atomic E-state index is -0.447. The van der Waals surface area contributed by atoms with Crippen molar-refractivity contribution in [3.63, 3.8) is 0 Å². The fraction of sp³-hybridized carbons (Fsp3) is 0.333. The Balaban J connectivity index is 1.88. The van der Waals surface area contributed by atoms with E-state index >= 15 is 0 Å². The first-order valence-corrected chi connectivity index (χ1v) is 11.4. The highest BCUT2D eigenvalue weighted by Crippen LogP contribution is 2.22. The molecule has 3 aromatic rings. The van der Waals surface area contributed by atoms with Crippen LogP contribution in [0.1, 0.15) is 64.0 Å². The second kappa shape index (κ2) is 10.5. The van der Waals surface area contributed by atoms with Crippen LogP contribution in [0.5, 0.6) is 0 Å². The van der Waals surface area contributed by atoms with Crippen LogP contribution < -0.4 is 10.6 Å². The molecule has 1 amide bonds. The number of aromatic nitrogens is 2. The third-order valence-electron chi connectivity index (χ3n) is 5.85. The molecule has 0 unspecified atom stereocenters. The smallest absolute Gasteiger partial charge is 0.337 e. The summed E-state index contributed by atoms with van der Waals surface area (Å²) >= 11 is 0. The molecule has 184 valence electrons. The quantitative estimate of drug-likeness (QED) is 0.321. The summed E-state index contributed by atoms with van der Waals surface area (Å²) in [5, 5.41) is 10.4. The van der Waals surface area contributed by atoms with Gasteiger partial charge in [-0.05, 0) is 55.2 Å². The van der Waals surface area contributed by atoms with Gasteiger partial charge < -0.3 is 10.1 Å². The number of guanidine groups is 1. The molecule has 0 aliphatic heterocycles. The zero-order valence-corrected chi connectivity index (χ0v) is 21.4. The Morgan fingerprint density at radius 1 is 1.06 bits per heavy atom. The number of carbonyl (C=O) groups excluding carboxylic acids is 2. The van der Waals surface area contributed by atoms with Gasteiger partial charge in [0.15, 0.2) is 0 Å². The Morgan fingerprint density at radius 2 is 1.74 bits per heavy atom. The highest BCUT2D eigenvalue weighted by atomic mass is 16.5. The van der Waals surface area contributed by atoms with Crippen molar-refractivity contribution in [2.45, 2.75) is 46.6 Å². The normalized spacial score (nSPS) is 11.8. The summed E-state index contributed by atoms with van der Waals surface area (Å²) < 4.78 is 6.62. The molecule has 0 radical (unpaired) electrons. The summed E-state index contributed by atoms with van der Waals surface area (Å²) in [5.41, 5.74) is 5.50. The molecule has 0 saturated heterocycles. The van der Waals surface area contributed by atoms with Crippen molar-refractivity contribution in [1.82, 2.24) is 15.1 Å². The fourth-order valence-electron chi connectivity index (χ4n) is 3.59. The zero-order valence-electron chi connectivity index (χ0n) is 21.4. The molecule has 0 saturated carbocycles. The first-order chi connectivity index (χ1) is 16.5. The Bertz CT molecular complexity index is 1250. The Kier molecular flexibility index (Phi) is 7.74. The number of esters is 1. The molecule has 35 heavy (non-hydrogen) atoms. The summed E-state index contributed by atoms with van der Waals surface area (Å²) in [6, 6.07) is 14.4. The highest BCUT2D eigenvalue weighted by Gasteiger charge is 2.16. The number of nitrogens with one attached hydrogen (secondary N) is 2. The Morgan fingerprint density at radius 3 is 2.31 bits per heavy atom. The van der Waals surface area contributed by atoms with E-state index in [1.165, 1.54) is 7.11 Å². The van der Waals surface area contributed by atoms with Gasteiger partial charge in [-0.2, -0.15) is 5.10 Å². The molecule has 8 heteroatoms. The van der Waals surface area contributed by atoms with Crippen molar-refractivity contribution in [2.24, 2.45) is 12.0 Å². The minimum Gasteiger partial charge on any atom is -0.465 e. The van der Waals surface area contributed by atoms with Crippen LogP contribution in [-0.2, 0) is 23.7 Å². The van der Waals surface area contributed by atoms with Crippen molar-refractivity contribution < 1.29 is 14.3 Å². The third-order valence-corrected chi connectivity index (χ3v) is 5.85. The second-order valence-electron chi connectivity index (χ2n) is 9.42. The lowest BCUT2D eigenvalue weighted by Crippen LogP contribution is -2.36. The standard InChI is InChI=1S/C27H33N5O3/c1-17-23(18(2)32(6)31-17)16-28-26(29-22-10-8-9-20(15-22)25(34)35-7)30-24(33)19-11-13-21(14-12-19)27(3,4)5/h8-15H,16H2,1-7H3,(H2,28,29,30,33). The number of anilines is 1. The minimum absolute atomic E-state index is 0.00667. The van der Waals surface area contributed by atoms with E-state index in [4.69, 9.17) is 4.74 Å². The molecule has 2 N–H and O–H groups in total. The number of hydrogen-bond donors (Lipinski definition) is 2. The molecule has 1 aromatic heterocycles. The van der Waals surface area contributed by atoms with Gasteiger partial charge in [-0.3, -0.25) is 14.8 Å². The van der Waals surface area contributed by atoms with Gasteiger partial charge in [-0.25, -0.2) is 9.79 Å². The molecular weight excluding hydrogens is 442 g/mol. The summed E-state index contributed by atoms with van der Waals surface area (Å²) in [6.07, 6.45) is 0. The van der Waals surface area contributed by atoms with E-state index in [2.05, 4.69) is 41.5 Å². The van der Waals surface area contributed by atoms with E-state index in [1.807, 2.05) is 37.7 Å². The number of hydrogen-bond acceptors (Lipinski definition) is 5. The average Bonchev–Trinajstić information content (AvgIpc) is 3.07. The molecule has 0 atom stereocenters. The van der Waals surface area contributed by atoms with Gasteiger partial charge in [0, 0.05) is 29.6 Å². The number of benzene rings is 2. The number of rotatable bonds is 5. The van der Waals surface area contributed by atoms with E-state index in [0.717, 1.165) is 22.5 Å². The maximum atomic E-state index is 13.1. The maximum absolute atomic E-state index is 13.1. The Labute approximate surface area is 206 Å². The molecule has 0 fully saturated rings. The summed E-state index contributed by atoms with van der Waals surface area (Å²) in [4.78, 5) is 29.6. The van der Waals surface area contributed by atoms with Gasteiger partial charge >= 0.3 is 5.97 Å². The van der Waals surface area contributed by atoms with Crippen LogP contribution in [0.2, 0.25) is 0 Å². The van der Waals surface area contributed by atoms with Crippen LogP contribution in [0.25, 0.3) is 0 Å². The largest absolute Gasteiger partial charge is 0.465 e. The van der Waals surface area contributed by atoms with Crippen LogP contribution >= 0.6 is 0 Å². The van der Waals surface area contributed by atoms with E-state index in [1.54, 1.807) is 36.4 Å². The van der Waals surface area contributed by atoms with Gasteiger partial charge in [0.1, 0.15) is 0 Å². The maximum Gasteiger partial charge on any atom is 0.337 e. The van der Waals surface area contributed by atoms with Crippen molar-refractivity contribution >= 4 is 23.5 Å². The lowest BCUT2D eigenvalue weighted by atomic mass is 9.87. The van der Waals surface area contributed by atoms with E-state index in [-0.39, 0.29) is 17.3 Å². The topological polar surface area (TPSA) is 97.6 Å². The van der Waals surface area contributed by atoms with Crippen LogP contribution in [0.15, 0.2) is 53.5 Å². The van der Waals surface area contributed by atoms with Crippen LogP contribution in [0, 0.1) is 13.8 Å². The average molecular weight is 476 g/mol. The number of aliphatic imine (C=N–C) groups is 1. The third kappa shape index (κ3) is 6.35. The molecule has 0 bridgehead atoms. The highest BCUT2D eigenvalue weighted by molar-refractivity contribution is 6.10. The number of methoxy groups -OCH3 is 1. The number of aryl methyl sites for hydroxylation is 2. The SMILES string of the molecule is COC(=O)c1cccc(NC(=NCc2c(C)nn(C)c2C)NC(=O)c2ccc(C(C)(C)C)cc2)c1. The van der Waals surface area contributed by atoms with Gasteiger partial charge in [0.2, 0.25) is 5.96 Å². The van der Waals surface area contributed by atoms with E-state index in [0.29, 0.717) is 23.4 Å². The molecule has 8 nitrogen and oxygen atoms in total. The lowest BCUT2D eigenvalue weighted by molar-refractivity contribution is 0.0600. The van der Waals surface area contributed by atoms with Gasteiger partial charge in [-0.1, -0.05) is 39.0 Å². The first kappa shape index (κ1) is 25.7. The molecule has 0 aliphatic carbocycles. The molecular formula is C27H33N5O3. The summed E-state index contributed by atoms with van der Waals surface area (Å²) in [7, 11) is 3.22. The number of nitrogens with zero attached hydrogens (tertiary/aromatic N) is 3. The first-order valence-electron chi connectivity index (χ1n) is 11.4. The van der Waals surface area contributed by atoms with E-state index < -0.39 is 5.97 Å². The Hall–Kier alpha value is -3.94. The zero-order chi connectivity index (χ0) is 25.8. The molecule has 1 heterocycles. The fourth-order valence-corrected chi connectivity index (χ4v) is 3.59. The van der Waals surface area contributed by atoms with Crippen molar-refractivity contribution in [3.05, 3.63) is 82.2 Å². The predicted octanol–water partition coefficient (Wildman–Crippen LogP) is 4.52. The number of amides is 1. The van der Waals surface area contributed by atoms with Gasteiger partial charge in [0.25, 0.3) is 5.91 Å². The lowest BCUT2D eigenvalue weighted by Gasteiger charge is -2.19. The van der Waals surface area contributed by atoms with Crippen LogP contribution in [-0.4, -0.2) is 34.7 Å².